The van der Waals surface area contributed by atoms with E-state index in [0.29, 0.717) is 28.5 Å². The number of pyridine rings is 1. The van der Waals surface area contributed by atoms with Crippen LogP contribution in [-0.4, -0.2) is 31.0 Å². The van der Waals surface area contributed by atoms with Crippen molar-refractivity contribution in [1.82, 2.24) is 19.9 Å². The maximum atomic E-state index is 11.3. The third-order valence-corrected chi connectivity index (χ3v) is 5.05. The van der Waals surface area contributed by atoms with Gasteiger partial charge >= 0.3 is 5.97 Å². The van der Waals surface area contributed by atoms with Crippen LogP contribution in [0.3, 0.4) is 0 Å². The minimum absolute atomic E-state index is 0.143. The fraction of sp³-hybridized carbons (Fsp3) is 0.263. The quantitative estimate of drug-likeness (QED) is 0.598. The van der Waals surface area contributed by atoms with Crippen LogP contribution in [0.25, 0.3) is 27.5 Å². The van der Waals surface area contributed by atoms with Gasteiger partial charge in [0, 0.05) is 41.3 Å². The van der Waals surface area contributed by atoms with Crippen LogP contribution >= 0.6 is 11.6 Å². The lowest BCUT2D eigenvalue weighted by Crippen LogP contribution is -2.21. The molecule has 3 aromatic heterocycles. The smallest absolute Gasteiger partial charge is 0.306 e. The molecule has 0 aliphatic rings. The molecule has 0 amide bonds. The molecule has 3 aromatic rings. The second-order valence-corrected chi connectivity index (χ2v) is 6.89. The Morgan fingerprint density at radius 3 is 2.89 bits per heavy atom. The number of hydrogen-bond acceptors (Lipinski definition) is 5. The van der Waals surface area contributed by atoms with Gasteiger partial charge in [0.1, 0.15) is 5.65 Å². The number of aromatic nitrogens is 4. The van der Waals surface area contributed by atoms with E-state index in [1.54, 1.807) is 25.5 Å². The van der Waals surface area contributed by atoms with E-state index >= 15 is 0 Å². The molecule has 0 fully saturated rings. The lowest BCUT2D eigenvalue weighted by molar-refractivity contribution is -0.142. The van der Waals surface area contributed by atoms with Crippen LogP contribution in [-0.2, 0) is 11.2 Å². The molecule has 4 N–H and O–H groups in total. The van der Waals surface area contributed by atoms with Crippen molar-refractivity contribution in [2.24, 2.45) is 17.6 Å². The first-order valence-electron chi connectivity index (χ1n) is 8.51. The van der Waals surface area contributed by atoms with E-state index in [1.807, 2.05) is 19.1 Å². The first kappa shape index (κ1) is 18.8. The molecule has 3 heterocycles. The van der Waals surface area contributed by atoms with Crippen LogP contribution in [0, 0.1) is 11.8 Å². The van der Waals surface area contributed by atoms with E-state index in [1.165, 1.54) is 6.20 Å². The van der Waals surface area contributed by atoms with E-state index in [-0.39, 0.29) is 5.92 Å². The Balaban J connectivity index is 2.06. The van der Waals surface area contributed by atoms with Crippen molar-refractivity contribution in [3.63, 3.8) is 0 Å². The molecule has 3 rings (SSSR count). The third kappa shape index (κ3) is 3.78. The molecule has 0 aliphatic heterocycles. The summed E-state index contributed by atoms with van der Waals surface area (Å²) in [6.45, 7) is 3.56. The van der Waals surface area contributed by atoms with Gasteiger partial charge in [-0.1, -0.05) is 25.4 Å². The number of carbonyl (C=O) groups is 1. The highest BCUT2D eigenvalue weighted by Gasteiger charge is 2.23. The zero-order valence-electron chi connectivity index (χ0n) is 15.0. The summed E-state index contributed by atoms with van der Waals surface area (Å²) < 4.78 is 0. The number of hydrogen-bond donors (Lipinski definition) is 3. The zero-order chi connectivity index (χ0) is 19.6. The van der Waals surface area contributed by atoms with Crippen molar-refractivity contribution in [3.8, 4) is 11.4 Å². The summed E-state index contributed by atoms with van der Waals surface area (Å²) >= 11 is 6.22. The molecule has 0 saturated carbocycles. The molecule has 7 nitrogen and oxygen atoms in total. The molecule has 140 valence electrons. The Morgan fingerprint density at radius 2 is 2.19 bits per heavy atom. The Hall–Kier alpha value is -2.93. The number of nitrogens with two attached hydrogens (primary N) is 1. The number of nitrogens with one attached hydrogen (secondary N) is 1. The number of halogens is 1. The molecule has 0 aromatic carbocycles. The van der Waals surface area contributed by atoms with Crippen LogP contribution in [0.4, 0.5) is 0 Å². The summed E-state index contributed by atoms with van der Waals surface area (Å²) in [5, 5.41) is 10.5. The van der Waals surface area contributed by atoms with Crippen molar-refractivity contribution >= 4 is 33.6 Å². The summed E-state index contributed by atoms with van der Waals surface area (Å²) in [5.74, 6) is -0.990. The van der Waals surface area contributed by atoms with Crippen molar-refractivity contribution in [2.45, 2.75) is 20.3 Å². The second-order valence-electron chi connectivity index (χ2n) is 6.48. The average molecular weight is 386 g/mol. The Bertz CT molecular complexity index is 1010. The minimum Gasteiger partial charge on any atom is -0.481 e. The van der Waals surface area contributed by atoms with Gasteiger partial charge in [0.2, 0.25) is 0 Å². The molecule has 27 heavy (non-hydrogen) atoms. The van der Waals surface area contributed by atoms with Crippen LogP contribution in [0.5, 0.6) is 0 Å². The third-order valence-electron chi connectivity index (χ3n) is 4.72. The van der Waals surface area contributed by atoms with Gasteiger partial charge in [-0.3, -0.25) is 4.79 Å². The summed E-state index contributed by atoms with van der Waals surface area (Å²) in [5.41, 5.74) is 8.38. The number of aromatic amines is 1. The van der Waals surface area contributed by atoms with E-state index in [9.17, 15) is 9.90 Å². The molecule has 0 radical (unpaired) electrons. The van der Waals surface area contributed by atoms with Gasteiger partial charge in [-0.05, 0) is 24.5 Å². The SMILES string of the molecule is C[C@H](Cc1nc(-c2c[nH]c3ncccc23)ncc1/C(Cl)=C\N)[C@H](C)C(=O)O. The highest BCUT2D eigenvalue weighted by atomic mass is 35.5. The fourth-order valence-electron chi connectivity index (χ4n) is 2.86. The average Bonchev–Trinajstić information content (AvgIpc) is 3.10. The van der Waals surface area contributed by atoms with E-state index < -0.39 is 11.9 Å². The number of rotatable bonds is 6. The Morgan fingerprint density at radius 1 is 1.41 bits per heavy atom. The van der Waals surface area contributed by atoms with Crippen molar-refractivity contribution in [2.75, 3.05) is 0 Å². The first-order valence-corrected chi connectivity index (χ1v) is 8.89. The van der Waals surface area contributed by atoms with Crippen LogP contribution in [0.1, 0.15) is 25.1 Å². The maximum Gasteiger partial charge on any atom is 0.306 e. The molecule has 0 spiro atoms. The van der Waals surface area contributed by atoms with E-state index in [4.69, 9.17) is 17.3 Å². The zero-order valence-corrected chi connectivity index (χ0v) is 15.7. The number of carboxylic acid groups (broad SMARTS) is 1. The number of fused-ring (bicyclic) bond motifs is 1. The fourth-order valence-corrected chi connectivity index (χ4v) is 3.02. The lowest BCUT2D eigenvalue weighted by atomic mass is 9.90. The molecule has 0 aliphatic carbocycles. The lowest BCUT2D eigenvalue weighted by Gasteiger charge is -2.17. The van der Waals surface area contributed by atoms with Crippen LogP contribution in [0.2, 0.25) is 0 Å². The summed E-state index contributed by atoms with van der Waals surface area (Å²) in [6.07, 6.45) is 6.85. The monoisotopic (exact) mass is 385 g/mol. The van der Waals surface area contributed by atoms with Crippen LogP contribution < -0.4 is 5.73 Å². The van der Waals surface area contributed by atoms with Gasteiger partial charge in [-0.15, -0.1) is 0 Å². The topological polar surface area (TPSA) is 118 Å². The van der Waals surface area contributed by atoms with Crippen molar-refractivity contribution < 1.29 is 9.90 Å². The van der Waals surface area contributed by atoms with Crippen molar-refractivity contribution in [1.29, 1.82) is 0 Å². The number of carboxylic acids is 1. The Labute approximate surface area is 161 Å². The normalized spacial score (nSPS) is 14.3. The molecule has 8 heteroatoms. The molecular formula is C19H20ClN5O2. The standard InChI is InChI=1S/C19H20ClN5O2/c1-10(11(2)19(26)27)6-16-14(15(20)7-21)9-24-18(25-16)13-8-23-17-12(13)4-3-5-22-17/h3-5,7-11H,6,21H2,1-2H3,(H,22,23)(H,26,27)/b15-7+/t10-,11+/m1/s1. The Kier molecular flexibility index (Phi) is 5.41. The van der Waals surface area contributed by atoms with Gasteiger partial charge in [-0.2, -0.15) is 0 Å². The maximum absolute atomic E-state index is 11.3. The second kappa shape index (κ2) is 7.75. The predicted molar refractivity (Wildman–Crippen MR) is 105 cm³/mol. The van der Waals surface area contributed by atoms with Gasteiger partial charge in [0.15, 0.2) is 5.82 Å². The van der Waals surface area contributed by atoms with E-state index in [2.05, 4.69) is 19.9 Å². The summed E-state index contributed by atoms with van der Waals surface area (Å²) in [7, 11) is 0. The first-order chi connectivity index (χ1) is 12.9. The molecular weight excluding hydrogens is 366 g/mol. The van der Waals surface area contributed by atoms with E-state index in [0.717, 1.165) is 16.6 Å². The number of nitrogens with zero attached hydrogens (tertiary/aromatic N) is 3. The number of aliphatic carboxylic acids is 1. The summed E-state index contributed by atoms with van der Waals surface area (Å²) in [4.78, 5) is 27.8. The molecule has 0 unspecified atom stereocenters. The molecule has 0 bridgehead atoms. The van der Waals surface area contributed by atoms with Crippen LogP contribution in [0.15, 0.2) is 36.9 Å². The predicted octanol–water partition coefficient (Wildman–Crippen LogP) is 3.42. The van der Waals surface area contributed by atoms with Crippen molar-refractivity contribution in [3.05, 3.63) is 48.2 Å². The van der Waals surface area contributed by atoms with Gasteiger partial charge in [-0.25, -0.2) is 15.0 Å². The minimum atomic E-state index is -0.846. The largest absolute Gasteiger partial charge is 0.481 e. The summed E-state index contributed by atoms with van der Waals surface area (Å²) in [6, 6.07) is 3.78. The van der Waals surface area contributed by atoms with Gasteiger partial charge < -0.3 is 15.8 Å². The molecule has 0 saturated heterocycles. The highest BCUT2D eigenvalue weighted by Crippen LogP contribution is 2.29. The highest BCUT2D eigenvalue weighted by molar-refractivity contribution is 6.48. The van der Waals surface area contributed by atoms with Gasteiger partial charge in [0.05, 0.1) is 16.6 Å². The number of H-pyrrole nitrogens is 1. The van der Waals surface area contributed by atoms with Gasteiger partial charge in [0.25, 0.3) is 0 Å². The molecule has 2 atom stereocenters.